The summed E-state index contributed by atoms with van der Waals surface area (Å²) in [5, 5.41) is 3.37. The third kappa shape index (κ3) is 1.68. The van der Waals surface area contributed by atoms with Crippen molar-refractivity contribution in [1.82, 2.24) is 9.88 Å². The third-order valence-corrected chi connectivity index (χ3v) is 4.09. The molecule has 3 atom stereocenters. The summed E-state index contributed by atoms with van der Waals surface area (Å²) in [5.74, 6) is 1.17. The predicted molar refractivity (Wildman–Crippen MR) is 70.5 cm³/mol. The first kappa shape index (κ1) is 11.5. The summed E-state index contributed by atoms with van der Waals surface area (Å²) in [7, 11) is 3.72. The van der Waals surface area contributed by atoms with Crippen molar-refractivity contribution in [2.24, 2.45) is 18.9 Å². The first-order valence-electron chi connectivity index (χ1n) is 6.38. The molecule has 1 heterocycles. The van der Waals surface area contributed by atoms with Crippen molar-refractivity contribution in [3.63, 3.8) is 0 Å². The molecule has 0 bridgehead atoms. The zero-order valence-corrected chi connectivity index (χ0v) is 10.9. The topological polar surface area (TPSA) is 47.2 Å². The molecule has 0 aliphatic heterocycles. The Morgan fingerprint density at radius 2 is 2.22 bits per heavy atom. The maximum absolute atomic E-state index is 11.5. The highest BCUT2D eigenvalue weighted by atomic mass is 16.4. The minimum Gasteiger partial charge on any atom is -0.408 e. The molecule has 18 heavy (non-hydrogen) atoms. The standard InChI is InChI=1S/C14H18N2O2/c1-8-6-10(8)13(15-2)9-4-5-11-12(7-9)18-14(17)16(11)3/h4-5,7-8,10,13,15H,6H2,1-3H3. The van der Waals surface area contributed by atoms with Crippen molar-refractivity contribution in [2.45, 2.75) is 19.4 Å². The Morgan fingerprint density at radius 3 is 2.83 bits per heavy atom. The molecule has 1 fully saturated rings. The van der Waals surface area contributed by atoms with Crippen molar-refractivity contribution in [1.29, 1.82) is 0 Å². The lowest BCUT2D eigenvalue weighted by atomic mass is 10.0. The number of nitrogens with zero attached hydrogens (tertiary/aromatic N) is 1. The van der Waals surface area contributed by atoms with E-state index in [1.165, 1.54) is 16.6 Å². The van der Waals surface area contributed by atoms with Crippen molar-refractivity contribution in [2.75, 3.05) is 7.05 Å². The molecule has 0 radical (unpaired) electrons. The van der Waals surface area contributed by atoms with Gasteiger partial charge in [-0.2, -0.15) is 0 Å². The predicted octanol–water partition coefficient (Wildman–Crippen LogP) is 2.05. The number of aromatic nitrogens is 1. The van der Waals surface area contributed by atoms with Crippen molar-refractivity contribution >= 4 is 11.1 Å². The summed E-state index contributed by atoms with van der Waals surface area (Å²) in [6, 6.07) is 6.40. The molecular formula is C14H18N2O2. The van der Waals surface area contributed by atoms with E-state index in [2.05, 4.69) is 18.3 Å². The normalized spacial score (nSPS) is 24.4. The van der Waals surface area contributed by atoms with Gasteiger partial charge in [-0.1, -0.05) is 13.0 Å². The fourth-order valence-corrected chi connectivity index (χ4v) is 2.79. The number of aryl methyl sites for hydroxylation is 1. The zero-order valence-electron chi connectivity index (χ0n) is 10.9. The number of oxazole rings is 1. The maximum atomic E-state index is 11.5. The molecule has 1 aliphatic rings. The molecule has 0 saturated heterocycles. The minimum absolute atomic E-state index is 0.303. The van der Waals surface area contributed by atoms with Crippen LogP contribution in [0.5, 0.6) is 0 Å². The summed E-state index contributed by atoms with van der Waals surface area (Å²) in [5.41, 5.74) is 2.73. The maximum Gasteiger partial charge on any atom is 0.419 e. The van der Waals surface area contributed by atoms with Gasteiger partial charge in [0.05, 0.1) is 5.52 Å². The quantitative estimate of drug-likeness (QED) is 0.901. The highest BCUT2D eigenvalue weighted by Gasteiger charge is 2.39. The van der Waals surface area contributed by atoms with Crippen LogP contribution in [0.4, 0.5) is 0 Å². The van der Waals surface area contributed by atoms with Crippen LogP contribution in [-0.2, 0) is 7.05 Å². The summed E-state index contributed by atoms with van der Waals surface area (Å²) >= 11 is 0. The van der Waals surface area contributed by atoms with Gasteiger partial charge in [0.1, 0.15) is 0 Å². The van der Waals surface area contributed by atoms with Crippen LogP contribution in [0.1, 0.15) is 24.9 Å². The molecule has 0 amide bonds. The largest absolute Gasteiger partial charge is 0.419 e. The molecule has 2 aromatic rings. The average molecular weight is 246 g/mol. The van der Waals surface area contributed by atoms with Gasteiger partial charge < -0.3 is 9.73 Å². The Hall–Kier alpha value is -1.55. The lowest BCUT2D eigenvalue weighted by Crippen LogP contribution is -2.18. The number of rotatable bonds is 3. The van der Waals surface area contributed by atoms with Crippen molar-refractivity contribution in [3.8, 4) is 0 Å². The summed E-state index contributed by atoms with van der Waals surface area (Å²) in [6.45, 7) is 2.27. The first-order chi connectivity index (χ1) is 8.61. The Kier molecular flexibility index (Phi) is 2.55. The van der Waals surface area contributed by atoms with E-state index in [-0.39, 0.29) is 5.76 Å². The zero-order chi connectivity index (χ0) is 12.9. The monoisotopic (exact) mass is 246 g/mol. The van der Waals surface area contributed by atoms with Gasteiger partial charge in [0.2, 0.25) is 0 Å². The van der Waals surface area contributed by atoms with Crippen molar-refractivity contribution in [3.05, 3.63) is 34.3 Å². The summed E-state index contributed by atoms with van der Waals surface area (Å²) in [6.07, 6.45) is 1.27. The van der Waals surface area contributed by atoms with Gasteiger partial charge in [0.25, 0.3) is 0 Å². The van der Waals surface area contributed by atoms with E-state index in [1.54, 1.807) is 7.05 Å². The average Bonchev–Trinajstić information content (AvgIpc) is 2.99. The SMILES string of the molecule is CNC(c1ccc2c(c1)oc(=O)n2C)C1CC1C. The fourth-order valence-electron chi connectivity index (χ4n) is 2.79. The fraction of sp³-hybridized carbons (Fsp3) is 0.500. The van der Waals surface area contributed by atoms with E-state index in [9.17, 15) is 4.79 Å². The molecule has 1 saturated carbocycles. The molecule has 1 aromatic carbocycles. The van der Waals surface area contributed by atoms with Gasteiger partial charge in [0, 0.05) is 13.1 Å². The van der Waals surface area contributed by atoms with Gasteiger partial charge in [-0.05, 0) is 43.0 Å². The number of nitrogens with one attached hydrogen (secondary N) is 1. The molecule has 4 heteroatoms. The number of benzene rings is 1. The number of hydrogen-bond donors (Lipinski definition) is 1. The second-order valence-electron chi connectivity index (χ2n) is 5.30. The lowest BCUT2D eigenvalue weighted by Gasteiger charge is -2.16. The second kappa shape index (κ2) is 3.99. The van der Waals surface area contributed by atoms with Crippen LogP contribution in [0.3, 0.4) is 0 Å². The van der Waals surface area contributed by atoms with E-state index in [0.717, 1.165) is 11.4 Å². The molecule has 3 unspecified atom stereocenters. The van der Waals surface area contributed by atoms with Crippen LogP contribution in [0, 0.1) is 11.8 Å². The van der Waals surface area contributed by atoms with Crippen LogP contribution in [0.2, 0.25) is 0 Å². The van der Waals surface area contributed by atoms with E-state index >= 15 is 0 Å². The van der Waals surface area contributed by atoms with E-state index in [4.69, 9.17) is 4.42 Å². The minimum atomic E-state index is -0.303. The number of fused-ring (bicyclic) bond motifs is 1. The molecular weight excluding hydrogens is 228 g/mol. The molecule has 1 aliphatic carbocycles. The van der Waals surface area contributed by atoms with Gasteiger partial charge >= 0.3 is 5.76 Å². The molecule has 1 aromatic heterocycles. The van der Waals surface area contributed by atoms with Gasteiger partial charge in [-0.25, -0.2) is 4.79 Å². The molecule has 4 nitrogen and oxygen atoms in total. The highest BCUT2D eigenvalue weighted by Crippen LogP contribution is 2.46. The van der Waals surface area contributed by atoms with Gasteiger partial charge in [-0.15, -0.1) is 0 Å². The van der Waals surface area contributed by atoms with Crippen LogP contribution < -0.4 is 11.1 Å². The molecule has 3 rings (SSSR count). The van der Waals surface area contributed by atoms with Crippen LogP contribution in [0.15, 0.2) is 27.4 Å². The highest BCUT2D eigenvalue weighted by molar-refractivity contribution is 5.73. The lowest BCUT2D eigenvalue weighted by molar-refractivity contribution is 0.501. The summed E-state index contributed by atoms with van der Waals surface area (Å²) in [4.78, 5) is 11.5. The Morgan fingerprint density at radius 1 is 1.50 bits per heavy atom. The number of hydrogen-bond acceptors (Lipinski definition) is 3. The van der Waals surface area contributed by atoms with Gasteiger partial charge in [-0.3, -0.25) is 4.57 Å². The summed E-state index contributed by atoms with van der Waals surface area (Å²) < 4.78 is 6.78. The smallest absolute Gasteiger partial charge is 0.408 e. The molecule has 96 valence electrons. The Labute approximate surface area is 106 Å². The van der Waals surface area contributed by atoms with Crippen LogP contribution >= 0.6 is 0 Å². The van der Waals surface area contributed by atoms with Gasteiger partial charge in [0.15, 0.2) is 5.58 Å². The van der Waals surface area contributed by atoms with Crippen LogP contribution in [-0.4, -0.2) is 11.6 Å². The second-order valence-corrected chi connectivity index (χ2v) is 5.30. The first-order valence-corrected chi connectivity index (χ1v) is 6.38. The van der Waals surface area contributed by atoms with E-state index in [1.807, 2.05) is 19.2 Å². The van der Waals surface area contributed by atoms with Crippen LogP contribution in [0.25, 0.3) is 11.1 Å². The Balaban J connectivity index is 2.04. The Bertz CT molecular complexity index is 641. The molecule has 1 N–H and O–H groups in total. The van der Waals surface area contributed by atoms with E-state index in [0.29, 0.717) is 17.5 Å². The van der Waals surface area contributed by atoms with Crippen molar-refractivity contribution < 1.29 is 4.42 Å². The molecule has 0 spiro atoms. The van der Waals surface area contributed by atoms with E-state index < -0.39 is 0 Å². The third-order valence-electron chi connectivity index (χ3n) is 4.09.